The normalized spacial score (nSPS) is 10.4. The van der Waals surface area contributed by atoms with Gasteiger partial charge in [0.2, 0.25) is 0 Å². The van der Waals surface area contributed by atoms with Gasteiger partial charge in [-0.3, -0.25) is 9.89 Å². The second-order valence-electron chi connectivity index (χ2n) is 3.70. The van der Waals surface area contributed by atoms with Crippen LogP contribution in [0.2, 0.25) is 5.02 Å². The van der Waals surface area contributed by atoms with Gasteiger partial charge in [0, 0.05) is 10.0 Å². The SMILES string of the molecule is CCc1cn[nH]c1NC(=O)c1ccc(Br)cc1Cl. The maximum Gasteiger partial charge on any atom is 0.258 e. The van der Waals surface area contributed by atoms with Crippen LogP contribution in [0.1, 0.15) is 22.8 Å². The first-order valence-corrected chi connectivity index (χ1v) is 6.57. The Balaban J connectivity index is 2.22. The van der Waals surface area contributed by atoms with Crippen LogP contribution in [-0.4, -0.2) is 16.1 Å². The Morgan fingerprint density at radius 1 is 1.56 bits per heavy atom. The number of nitrogens with one attached hydrogen (secondary N) is 2. The Labute approximate surface area is 118 Å². The summed E-state index contributed by atoms with van der Waals surface area (Å²) >= 11 is 9.32. The molecule has 1 aromatic heterocycles. The average Bonchev–Trinajstić information content (AvgIpc) is 2.76. The number of H-pyrrole nitrogens is 1. The van der Waals surface area contributed by atoms with Crippen molar-refractivity contribution in [3.63, 3.8) is 0 Å². The van der Waals surface area contributed by atoms with Crippen LogP contribution in [0.15, 0.2) is 28.9 Å². The van der Waals surface area contributed by atoms with Gasteiger partial charge in [0.15, 0.2) is 0 Å². The van der Waals surface area contributed by atoms with Crippen molar-refractivity contribution in [3.8, 4) is 0 Å². The number of hydrogen-bond donors (Lipinski definition) is 2. The summed E-state index contributed by atoms with van der Waals surface area (Å²) in [4.78, 5) is 12.1. The number of nitrogens with zero attached hydrogens (tertiary/aromatic N) is 1. The number of hydrogen-bond acceptors (Lipinski definition) is 2. The van der Waals surface area contributed by atoms with Gasteiger partial charge in [0.1, 0.15) is 5.82 Å². The number of carbonyl (C=O) groups excluding carboxylic acids is 1. The number of aryl methyl sites for hydroxylation is 1. The lowest BCUT2D eigenvalue weighted by Crippen LogP contribution is -2.13. The molecule has 0 saturated heterocycles. The highest BCUT2D eigenvalue weighted by atomic mass is 79.9. The van der Waals surface area contributed by atoms with E-state index < -0.39 is 0 Å². The minimum Gasteiger partial charge on any atom is -0.307 e. The second-order valence-corrected chi connectivity index (χ2v) is 5.02. The van der Waals surface area contributed by atoms with Crippen molar-refractivity contribution in [1.82, 2.24) is 10.2 Å². The highest BCUT2D eigenvalue weighted by molar-refractivity contribution is 9.10. The van der Waals surface area contributed by atoms with Crippen LogP contribution >= 0.6 is 27.5 Å². The molecular formula is C12H11BrClN3O. The number of benzene rings is 1. The lowest BCUT2D eigenvalue weighted by atomic mass is 10.2. The van der Waals surface area contributed by atoms with Gasteiger partial charge < -0.3 is 5.32 Å². The van der Waals surface area contributed by atoms with Crippen molar-refractivity contribution in [2.75, 3.05) is 5.32 Å². The number of carbonyl (C=O) groups is 1. The van der Waals surface area contributed by atoms with E-state index >= 15 is 0 Å². The first-order chi connectivity index (χ1) is 8.61. The van der Waals surface area contributed by atoms with Gasteiger partial charge in [0.05, 0.1) is 16.8 Å². The van der Waals surface area contributed by atoms with E-state index in [4.69, 9.17) is 11.6 Å². The topological polar surface area (TPSA) is 57.8 Å². The monoisotopic (exact) mass is 327 g/mol. The minimum absolute atomic E-state index is 0.258. The summed E-state index contributed by atoms with van der Waals surface area (Å²) < 4.78 is 0.833. The molecule has 0 bridgehead atoms. The molecule has 1 aromatic carbocycles. The van der Waals surface area contributed by atoms with Crippen LogP contribution in [0.5, 0.6) is 0 Å². The summed E-state index contributed by atoms with van der Waals surface area (Å²) in [6.07, 6.45) is 2.49. The predicted molar refractivity (Wildman–Crippen MR) is 75.1 cm³/mol. The largest absolute Gasteiger partial charge is 0.307 e. The molecule has 0 radical (unpaired) electrons. The number of aromatic amines is 1. The Morgan fingerprint density at radius 2 is 2.33 bits per heavy atom. The van der Waals surface area contributed by atoms with Crippen LogP contribution in [0.25, 0.3) is 0 Å². The van der Waals surface area contributed by atoms with E-state index in [0.29, 0.717) is 16.4 Å². The van der Waals surface area contributed by atoms with Crippen LogP contribution in [0.3, 0.4) is 0 Å². The van der Waals surface area contributed by atoms with E-state index in [2.05, 4.69) is 31.4 Å². The molecule has 2 N–H and O–H groups in total. The lowest BCUT2D eigenvalue weighted by molar-refractivity contribution is 0.102. The maximum atomic E-state index is 12.1. The molecular weight excluding hydrogens is 318 g/mol. The zero-order valence-corrected chi connectivity index (χ0v) is 12.0. The summed E-state index contributed by atoms with van der Waals surface area (Å²) in [5, 5.41) is 9.81. The molecule has 0 unspecified atom stereocenters. The van der Waals surface area contributed by atoms with Crippen molar-refractivity contribution >= 4 is 39.3 Å². The molecule has 0 saturated carbocycles. The molecule has 2 aromatic rings. The fourth-order valence-electron chi connectivity index (χ4n) is 1.54. The third-order valence-corrected chi connectivity index (χ3v) is 3.32. The van der Waals surface area contributed by atoms with Crippen LogP contribution in [-0.2, 0) is 6.42 Å². The molecule has 0 aliphatic carbocycles. The van der Waals surface area contributed by atoms with Gasteiger partial charge in [-0.15, -0.1) is 0 Å². The Kier molecular flexibility index (Phi) is 4.04. The zero-order chi connectivity index (χ0) is 13.1. The van der Waals surface area contributed by atoms with Gasteiger partial charge in [-0.2, -0.15) is 5.10 Å². The predicted octanol–water partition coefficient (Wildman–Crippen LogP) is 3.64. The van der Waals surface area contributed by atoms with Gasteiger partial charge >= 0.3 is 0 Å². The molecule has 1 amide bonds. The Morgan fingerprint density at radius 3 is 3.00 bits per heavy atom. The molecule has 94 valence electrons. The molecule has 0 aliphatic heterocycles. The number of halogens is 2. The third-order valence-electron chi connectivity index (χ3n) is 2.51. The van der Waals surface area contributed by atoms with Gasteiger partial charge in [-0.05, 0) is 24.6 Å². The number of aromatic nitrogens is 2. The fourth-order valence-corrected chi connectivity index (χ4v) is 2.30. The quantitative estimate of drug-likeness (QED) is 0.903. The lowest BCUT2D eigenvalue weighted by Gasteiger charge is -2.06. The molecule has 2 rings (SSSR count). The maximum absolute atomic E-state index is 12.1. The van der Waals surface area contributed by atoms with E-state index in [0.717, 1.165) is 16.5 Å². The number of amides is 1. The van der Waals surface area contributed by atoms with E-state index in [1.165, 1.54) is 0 Å². The smallest absolute Gasteiger partial charge is 0.258 e. The van der Waals surface area contributed by atoms with Gasteiger partial charge in [-0.25, -0.2) is 0 Å². The van der Waals surface area contributed by atoms with Crippen molar-refractivity contribution in [1.29, 1.82) is 0 Å². The van der Waals surface area contributed by atoms with Crippen molar-refractivity contribution in [3.05, 3.63) is 45.0 Å². The first kappa shape index (κ1) is 13.1. The number of rotatable bonds is 3. The van der Waals surface area contributed by atoms with E-state index in [-0.39, 0.29) is 5.91 Å². The second kappa shape index (κ2) is 5.54. The van der Waals surface area contributed by atoms with Crippen LogP contribution < -0.4 is 5.32 Å². The molecule has 0 aliphatic rings. The Bertz CT molecular complexity index is 582. The van der Waals surface area contributed by atoms with E-state index in [1.54, 1.807) is 24.4 Å². The highest BCUT2D eigenvalue weighted by Crippen LogP contribution is 2.22. The highest BCUT2D eigenvalue weighted by Gasteiger charge is 2.13. The van der Waals surface area contributed by atoms with Crippen LogP contribution in [0.4, 0.5) is 5.82 Å². The van der Waals surface area contributed by atoms with Crippen molar-refractivity contribution in [2.24, 2.45) is 0 Å². The summed E-state index contributed by atoms with van der Waals surface area (Å²) in [6.45, 7) is 1.99. The molecule has 18 heavy (non-hydrogen) atoms. The summed E-state index contributed by atoms with van der Waals surface area (Å²) in [5.41, 5.74) is 1.38. The summed E-state index contributed by atoms with van der Waals surface area (Å²) in [7, 11) is 0. The average molecular weight is 329 g/mol. The fraction of sp³-hybridized carbons (Fsp3) is 0.167. The first-order valence-electron chi connectivity index (χ1n) is 5.40. The van der Waals surface area contributed by atoms with Gasteiger partial charge in [-0.1, -0.05) is 34.5 Å². The standard InChI is InChI=1S/C12H11BrClN3O/c1-2-7-6-15-17-11(7)16-12(18)9-4-3-8(13)5-10(9)14/h3-6H,2H2,1H3,(H2,15,16,17,18). The Hall–Kier alpha value is -1.33. The number of anilines is 1. The molecule has 1 heterocycles. The molecule has 0 spiro atoms. The van der Waals surface area contributed by atoms with E-state index in [1.807, 2.05) is 6.92 Å². The third kappa shape index (κ3) is 2.73. The zero-order valence-electron chi connectivity index (χ0n) is 9.63. The molecule has 6 heteroatoms. The van der Waals surface area contributed by atoms with Gasteiger partial charge in [0.25, 0.3) is 5.91 Å². The summed E-state index contributed by atoms with van der Waals surface area (Å²) in [5.74, 6) is 0.355. The molecule has 4 nitrogen and oxygen atoms in total. The summed E-state index contributed by atoms with van der Waals surface area (Å²) in [6, 6.07) is 5.13. The van der Waals surface area contributed by atoms with Crippen LogP contribution in [0, 0.1) is 0 Å². The van der Waals surface area contributed by atoms with Crippen molar-refractivity contribution < 1.29 is 4.79 Å². The minimum atomic E-state index is -0.258. The molecule has 0 fully saturated rings. The van der Waals surface area contributed by atoms with Crippen molar-refractivity contribution in [2.45, 2.75) is 13.3 Å². The van der Waals surface area contributed by atoms with E-state index in [9.17, 15) is 4.79 Å². The molecule has 0 atom stereocenters.